The van der Waals surface area contributed by atoms with Crippen molar-refractivity contribution in [3.8, 4) is 0 Å². The van der Waals surface area contributed by atoms with Gasteiger partial charge in [0.1, 0.15) is 6.04 Å². The Labute approximate surface area is 82.9 Å². The summed E-state index contributed by atoms with van der Waals surface area (Å²) in [5.74, 6) is -1.24. The van der Waals surface area contributed by atoms with Crippen LogP contribution in [0.1, 0.15) is 19.8 Å². The molecular weight excluding hydrogens is 184 g/mol. The van der Waals surface area contributed by atoms with Gasteiger partial charge in [0.2, 0.25) is 5.91 Å². The highest BCUT2D eigenvalue weighted by Gasteiger charge is 2.23. The van der Waals surface area contributed by atoms with Crippen LogP contribution in [0.4, 0.5) is 0 Å². The zero-order valence-electron chi connectivity index (χ0n) is 8.25. The Kier molecular flexibility index (Phi) is 3.88. The summed E-state index contributed by atoms with van der Waals surface area (Å²) in [6, 6.07) is -0.801. The summed E-state index contributed by atoms with van der Waals surface area (Å²) in [5.41, 5.74) is 0. The van der Waals surface area contributed by atoms with Gasteiger partial charge in [-0.15, -0.1) is 0 Å². The van der Waals surface area contributed by atoms with Crippen LogP contribution in [0.5, 0.6) is 0 Å². The number of amides is 1. The number of hydrogen-bond donors (Lipinski definition) is 3. The highest BCUT2D eigenvalue weighted by atomic mass is 16.4. The summed E-state index contributed by atoms with van der Waals surface area (Å²) in [6.45, 7) is 3.06. The van der Waals surface area contributed by atoms with Gasteiger partial charge in [0.05, 0.1) is 5.92 Å². The zero-order valence-corrected chi connectivity index (χ0v) is 8.25. The number of rotatable bonds is 3. The predicted molar refractivity (Wildman–Crippen MR) is 50.8 cm³/mol. The molecule has 14 heavy (non-hydrogen) atoms. The largest absolute Gasteiger partial charge is 0.480 e. The second-order valence-electron chi connectivity index (χ2n) is 3.61. The molecule has 5 heteroatoms. The van der Waals surface area contributed by atoms with Gasteiger partial charge in [-0.2, -0.15) is 0 Å². The molecule has 0 bridgehead atoms. The van der Waals surface area contributed by atoms with Gasteiger partial charge in [-0.3, -0.25) is 9.59 Å². The monoisotopic (exact) mass is 200 g/mol. The zero-order chi connectivity index (χ0) is 10.6. The van der Waals surface area contributed by atoms with Crippen LogP contribution in [0.25, 0.3) is 0 Å². The van der Waals surface area contributed by atoms with Crippen molar-refractivity contribution in [3.05, 3.63) is 0 Å². The first kappa shape index (κ1) is 11.0. The second kappa shape index (κ2) is 4.95. The standard InChI is InChI=1S/C9H16N2O3/c1-6(9(13)14)11-8(12)7-3-2-4-10-5-7/h6-7,10H,2-5H2,1H3,(H,11,12)(H,13,14)/t6-,7-/m1/s1. The highest BCUT2D eigenvalue weighted by Crippen LogP contribution is 2.09. The smallest absolute Gasteiger partial charge is 0.325 e. The summed E-state index contributed by atoms with van der Waals surface area (Å²) in [4.78, 5) is 22.0. The molecule has 0 radical (unpaired) electrons. The molecule has 1 fully saturated rings. The van der Waals surface area contributed by atoms with Crippen molar-refractivity contribution in [2.24, 2.45) is 5.92 Å². The molecule has 1 aliphatic heterocycles. The minimum Gasteiger partial charge on any atom is -0.480 e. The number of carbonyl (C=O) groups is 2. The fraction of sp³-hybridized carbons (Fsp3) is 0.778. The second-order valence-corrected chi connectivity index (χ2v) is 3.61. The highest BCUT2D eigenvalue weighted by molar-refractivity contribution is 5.84. The van der Waals surface area contributed by atoms with Crippen LogP contribution in [-0.2, 0) is 9.59 Å². The normalized spacial score (nSPS) is 23.9. The molecule has 2 atom stereocenters. The first-order valence-corrected chi connectivity index (χ1v) is 4.85. The van der Waals surface area contributed by atoms with E-state index in [-0.39, 0.29) is 11.8 Å². The Hall–Kier alpha value is -1.10. The Morgan fingerprint density at radius 3 is 2.79 bits per heavy atom. The molecule has 0 spiro atoms. The predicted octanol–water partition coefficient (Wildman–Crippen LogP) is -0.425. The van der Waals surface area contributed by atoms with Gasteiger partial charge in [0, 0.05) is 6.54 Å². The van der Waals surface area contributed by atoms with E-state index in [9.17, 15) is 9.59 Å². The van der Waals surface area contributed by atoms with E-state index in [0.29, 0.717) is 6.54 Å². The molecule has 0 aliphatic carbocycles. The van der Waals surface area contributed by atoms with Crippen molar-refractivity contribution in [2.45, 2.75) is 25.8 Å². The fourth-order valence-electron chi connectivity index (χ4n) is 1.47. The van der Waals surface area contributed by atoms with Gasteiger partial charge >= 0.3 is 5.97 Å². The van der Waals surface area contributed by atoms with Crippen LogP contribution in [0.2, 0.25) is 0 Å². The van der Waals surface area contributed by atoms with Gasteiger partial charge < -0.3 is 15.7 Å². The van der Waals surface area contributed by atoms with Crippen molar-refractivity contribution in [3.63, 3.8) is 0 Å². The topological polar surface area (TPSA) is 78.4 Å². The molecule has 1 heterocycles. The quantitative estimate of drug-likeness (QED) is 0.578. The van der Waals surface area contributed by atoms with Gasteiger partial charge in [-0.05, 0) is 26.3 Å². The first-order chi connectivity index (χ1) is 6.61. The Morgan fingerprint density at radius 1 is 1.57 bits per heavy atom. The van der Waals surface area contributed by atoms with E-state index < -0.39 is 12.0 Å². The number of carboxylic acid groups (broad SMARTS) is 1. The van der Waals surface area contributed by atoms with Gasteiger partial charge in [-0.25, -0.2) is 0 Å². The summed E-state index contributed by atoms with van der Waals surface area (Å²) in [6.07, 6.45) is 1.81. The van der Waals surface area contributed by atoms with Gasteiger partial charge in [0.15, 0.2) is 0 Å². The molecule has 0 aromatic heterocycles. The summed E-state index contributed by atoms with van der Waals surface area (Å²) in [5, 5.41) is 14.2. The first-order valence-electron chi connectivity index (χ1n) is 4.85. The van der Waals surface area contributed by atoms with Crippen molar-refractivity contribution in [1.82, 2.24) is 10.6 Å². The van der Waals surface area contributed by atoms with Crippen LogP contribution in [0.15, 0.2) is 0 Å². The average molecular weight is 200 g/mol. The van der Waals surface area contributed by atoms with Crippen LogP contribution < -0.4 is 10.6 Å². The molecule has 1 aliphatic rings. The lowest BCUT2D eigenvalue weighted by atomic mass is 9.98. The average Bonchev–Trinajstić information content (AvgIpc) is 2.19. The molecule has 1 saturated heterocycles. The van der Waals surface area contributed by atoms with Crippen molar-refractivity contribution in [1.29, 1.82) is 0 Å². The van der Waals surface area contributed by atoms with E-state index in [4.69, 9.17) is 5.11 Å². The van der Waals surface area contributed by atoms with Gasteiger partial charge in [0.25, 0.3) is 0 Å². The number of aliphatic carboxylic acids is 1. The van der Waals surface area contributed by atoms with Crippen LogP contribution in [-0.4, -0.2) is 36.1 Å². The summed E-state index contributed by atoms with van der Waals surface area (Å²) < 4.78 is 0. The molecular formula is C9H16N2O3. The number of carboxylic acids is 1. The maximum Gasteiger partial charge on any atom is 0.325 e. The molecule has 0 unspecified atom stereocenters. The molecule has 80 valence electrons. The fourth-order valence-corrected chi connectivity index (χ4v) is 1.47. The minimum atomic E-state index is -0.998. The maximum absolute atomic E-state index is 11.5. The number of piperidine rings is 1. The Morgan fingerprint density at radius 2 is 2.29 bits per heavy atom. The SMILES string of the molecule is C[C@@H](NC(=O)[C@@H]1CCCNC1)C(=O)O. The molecule has 0 aromatic carbocycles. The number of nitrogens with one attached hydrogen (secondary N) is 2. The molecule has 0 aromatic rings. The maximum atomic E-state index is 11.5. The van der Waals surface area contributed by atoms with Gasteiger partial charge in [-0.1, -0.05) is 0 Å². The number of carbonyl (C=O) groups excluding carboxylic acids is 1. The van der Waals surface area contributed by atoms with E-state index in [1.165, 1.54) is 6.92 Å². The van der Waals surface area contributed by atoms with Crippen LogP contribution >= 0.6 is 0 Å². The molecule has 3 N–H and O–H groups in total. The lowest BCUT2D eigenvalue weighted by molar-refractivity contribution is -0.142. The van der Waals surface area contributed by atoms with Crippen molar-refractivity contribution < 1.29 is 14.7 Å². The Balaban J connectivity index is 2.36. The van der Waals surface area contributed by atoms with Crippen LogP contribution in [0.3, 0.4) is 0 Å². The molecule has 1 amide bonds. The third kappa shape index (κ3) is 2.99. The van der Waals surface area contributed by atoms with E-state index in [0.717, 1.165) is 19.4 Å². The van der Waals surface area contributed by atoms with E-state index in [1.807, 2.05) is 0 Å². The number of hydrogen-bond acceptors (Lipinski definition) is 3. The summed E-state index contributed by atoms with van der Waals surface area (Å²) >= 11 is 0. The summed E-state index contributed by atoms with van der Waals surface area (Å²) in [7, 11) is 0. The third-order valence-electron chi connectivity index (χ3n) is 2.40. The lowest BCUT2D eigenvalue weighted by Crippen LogP contribution is -2.46. The Bertz CT molecular complexity index is 224. The van der Waals surface area contributed by atoms with E-state index >= 15 is 0 Å². The van der Waals surface area contributed by atoms with Crippen LogP contribution in [0, 0.1) is 5.92 Å². The minimum absolute atomic E-state index is 0.0782. The third-order valence-corrected chi connectivity index (χ3v) is 2.40. The van der Waals surface area contributed by atoms with E-state index in [2.05, 4.69) is 10.6 Å². The molecule has 1 rings (SSSR count). The van der Waals surface area contributed by atoms with Crippen molar-refractivity contribution in [2.75, 3.05) is 13.1 Å². The van der Waals surface area contributed by atoms with Crippen molar-refractivity contribution >= 4 is 11.9 Å². The van der Waals surface area contributed by atoms with E-state index in [1.54, 1.807) is 0 Å². The lowest BCUT2D eigenvalue weighted by Gasteiger charge is -2.22. The molecule has 5 nitrogen and oxygen atoms in total. The molecule has 0 saturated carbocycles.